The quantitative estimate of drug-likeness (QED) is 0.686. The number of nitrogens with zero attached hydrogens (tertiary/aromatic N) is 2. The monoisotopic (exact) mass is 369 g/mol. The molecule has 0 atom stereocenters. The van der Waals surface area contributed by atoms with E-state index in [4.69, 9.17) is 39.3 Å². The van der Waals surface area contributed by atoms with Crippen molar-refractivity contribution in [3.05, 3.63) is 78.9 Å². The van der Waals surface area contributed by atoms with Crippen LogP contribution in [0.25, 0.3) is 17.0 Å². The highest BCUT2D eigenvalue weighted by atomic mass is 35.5. The van der Waals surface area contributed by atoms with Gasteiger partial charge in [0.1, 0.15) is 10.6 Å². The van der Waals surface area contributed by atoms with Gasteiger partial charge in [-0.1, -0.05) is 46.9 Å². The normalized spacial score (nSPS) is 10.7. The van der Waals surface area contributed by atoms with Crippen molar-refractivity contribution in [1.29, 1.82) is 0 Å². The molecule has 2 aromatic carbocycles. The van der Waals surface area contributed by atoms with Gasteiger partial charge < -0.3 is 0 Å². The first-order valence-electron chi connectivity index (χ1n) is 6.38. The van der Waals surface area contributed by atoms with Gasteiger partial charge in [-0.3, -0.25) is 4.79 Å². The molecule has 0 amide bonds. The van der Waals surface area contributed by atoms with Crippen LogP contribution >= 0.6 is 34.8 Å². The third kappa shape index (κ3) is 3.03. The summed E-state index contributed by atoms with van der Waals surface area (Å²) in [6, 6.07) is 12.3. The minimum absolute atomic E-state index is 0.0620. The van der Waals surface area contributed by atoms with E-state index in [0.29, 0.717) is 15.6 Å². The highest BCUT2D eigenvalue weighted by Gasteiger charge is 2.19. The number of hydrogen-bond donors (Lipinski definition) is 0. The SMILES string of the molecule is O=c1cc(-c2ccccc2Cl)o[n+](=O)n1-c1ccc(Cl)c(Cl)c1. The zero-order chi connectivity index (χ0) is 16.6. The van der Waals surface area contributed by atoms with Crippen LogP contribution < -0.4 is 10.3 Å². The summed E-state index contributed by atoms with van der Waals surface area (Å²) in [6.07, 6.45) is 0. The summed E-state index contributed by atoms with van der Waals surface area (Å²) in [4.78, 5) is 24.4. The smallest absolute Gasteiger partial charge is 0.263 e. The van der Waals surface area contributed by atoms with Crippen molar-refractivity contribution in [2.24, 2.45) is 0 Å². The predicted molar refractivity (Wildman–Crippen MR) is 88.1 cm³/mol. The molecule has 0 spiro atoms. The molecule has 1 heterocycles. The number of benzene rings is 2. The van der Waals surface area contributed by atoms with Crippen LogP contribution in [0.2, 0.25) is 15.1 Å². The summed E-state index contributed by atoms with van der Waals surface area (Å²) >= 11 is 17.8. The first-order valence-corrected chi connectivity index (χ1v) is 7.51. The molecule has 0 bridgehead atoms. The van der Waals surface area contributed by atoms with Crippen molar-refractivity contribution < 1.29 is 9.24 Å². The third-order valence-corrected chi connectivity index (χ3v) is 4.16. The number of aromatic nitrogens is 2. The van der Waals surface area contributed by atoms with Crippen LogP contribution in [0.1, 0.15) is 0 Å². The largest absolute Gasteiger partial charge is 0.378 e. The fraction of sp³-hybridized carbons (Fsp3) is 0. The van der Waals surface area contributed by atoms with Crippen molar-refractivity contribution in [2.45, 2.75) is 0 Å². The van der Waals surface area contributed by atoms with Gasteiger partial charge in [-0.15, -0.1) is 0 Å². The van der Waals surface area contributed by atoms with Crippen LogP contribution in [0.3, 0.4) is 0 Å². The molecule has 3 rings (SSSR count). The maximum atomic E-state index is 12.3. The molecule has 116 valence electrons. The lowest BCUT2D eigenvalue weighted by Crippen LogP contribution is -2.39. The van der Waals surface area contributed by atoms with Gasteiger partial charge in [-0.05, 0) is 30.3 Å². The Kier molecular flexibility index (Phi) is 4.26. The second-order valence-corrected chi connectivity index (χ2v) is 5.79. The van der Waals surface area contributed by atoms with Gasteiger partial charge in [0.05, 0.1) is 21.1 Å². The van der Waals surface area contributed by atoms with Gasteiger partial charge >= 0.3 is 10.3 Å². The number of halogens is 3. The van der Waals surface area contributed by atoms with E-state index in [2.05, 4.69) is 0 Å². The van der Waals surface area contributed by atoms with Gasteiger partial charge in [0.25, 0.3) is 0 Å². The molecule has 0 saturated carbocycles. The van der Waals surface area contributed by atoms with E-state index in [1.54, 1.807) is 24.3 Å². The highest BCUT2D eigenvalue weighted by Crippen LogP contribution is 2.26. The van der Waals surface area contributed by atoms with Crippen molar-refractivity contribution >= 4 is 34.8 Å². The minimum atomic E-state index is -0.598. The summed E-state index contributed by atoms with van der Waals surface area (Å²) in [5, 5.41) is 0.889. The van der Waals surface area contributed by atoms with Crippen molar-refractivity contribution in [1.82, 2.24) is 4.68 Å². The van der Waals surface area contributed by atoms with E-state index >= 15 is 0 Å². The van der Waals surface area contributed by atoms with Gasteiger partial charge in [-0.2, -0.15) is 4.52 Å². The summed E-state index contributed by atoms with van der Waals surface area (Å²) in [6.45, 7) is 0. The van der Waals surface area contributed by atoms with E-state index in [9.17, 15) is 9.70 Å². The zero-order valence-electron chi connectivity index (χ0n) is 11.4. The molecule has 0 aliphatic rings. The van der Waals surface area contributed by atoms with E-state index in [1.807, 2.05) is 0 Å². The minimum Gasteiger partial charge on any atom is -0.263 e. The van der Waals surface area contributed by atoms with Crippen LogP contribution in [0.4, 0.5) is 0 Å². The maximum absolute atomic E-state index is 12.3. The molecule has 0 fully saturated rings. The Morgan fingerprint density at radius 2 is 1.65 bits per heavy atom. The Labute approximate surface area is 144 Å². The summed E-state index contributed by atoms with van der Waals surface area (Å²) in [5.41, 5.74) is 0.0746. The molecule has 1 aromatic heterocycles. The van der Waals surface area contributed by atoms with Crippen molar-refractivity contribution in [3.8, 4) is 17.0 Å². The molecular weight excluding hydrogens is 363 g/mol. The summed E-state index contributed by atoms with van der Waals surface area (Å²) < 4.78 is 5.99. The summed E-state index contributed by atoms with van der Waals surface area (Å²) in [5.74, 6) is 0.0620. The number of hydrogen-bond acceptors (Lipinski definition) is 3. The van der Waals surface area contributed by atoms with E-state index in [1.165, 1.54) is 24.3 Å². The Morgan fingerprint density at radius 3 is 2.30 bits per heavy atom. The van der Waals surface area contributed by atoms with Crippen LogP contribution in [0, 0.1) is 4.91 Å². The average molecular weight is 371 g/mol. The summed E-state index contributed by atoms with van der Waals surface area (Å²) in [7, 11) is 0. The zero-order valence-corrected chi connectivity index (χ0v) is 13.6. The first kappa shape index (κ1) is 15.8. The fourth-order valence-corrected chi connectivity index (χ4v) is 2.55. The molecule has 0 aliphatic heterocycles. The third-order valence-electron chi connectivity index (χ3n) is 3.09. The standard InChI is InChI=1S/C15H8Cl3N2O3/c16-11-4-2-1-3-10(11)14-8-15(21)19(20(22)23-14)9-5-6-12(17)13(18)7-9/h1-8H/q+1. The second-order valence-electron chi connectivity index (χ2n) is 4.57. The van der Waals surface area contributed by atoms with E-state index < -0.39 is 5.56 Å². The predicted octanol–water partition coefficient (Wildman–Crippen LogP) is 3.97. The van der Waals surface area contributed by atoms with Crippen molar-refractivity contribution in [2.75, 3.05) is 0 Å². The maximum Gasteiger partial charge on any atom is 0.378 e. The molecule has 23 heavy (non-hydrogen) atoms. The highest BCUT2D eigenvalue weighted by molar-refractivity contribution is 6.42. The Morgan fingerprint density at radius 1 is 0.913 bits per heavy atom. The van der Waals surface area contributed by atoms with Gasteiger partial charge in [0, 0.05) is 10.2 Å². The molecule has 0 aliphatic carbocycles. The van der Waals surface area contributed by atoms with E-state index in [-0.39, 0.29) is 21.2 Å². The molecule has 0 N–H and O–H groups in total. The van der Waals surface area contributed by atoms with Crippen molar-refractivity contribution in [3.63, 3.8) is 0 Å². The molecule has 8 heteroatoms. The topological polar surface area (TPSA) is 58.1 Å². The lowest BCUT2D eigenvalue weighted by atomic mass is 10.2. The van der Waals surface area contributed by atoms with Gasteiger partial charge in [0.15, 0.2) is 0 Å². The number of rotatable bonds is 2. The molecule has 3 aromatic rings. The fourth-order valence-electron chi connectivity index (χ4n) is 2.03. The Balaban J connectivity index is 2.19. The van der Waals surface area contributed by atoms with Crippen LogP contribution in [0.15, 0.2) is 57.8 Å². The molecular formula is C15H8Cl3N2O3+. The van der Waals surface area contributed by atoms with Crippen LogP contribution in [-0.2, 0) is 0 Å². The van der Waals surface area contributed by atoms with Crippen LogP contribution in [0.5, 0.6) is 0 Å². The lowest BCUT2D eigenvalue weighted by Gasteiger charge is -2.01. The van der Waals surface area contributed by atoms with E-state index in [0.717, 1.165) is 4.68 Å². The van der Waals surface area contributed by atoms with Gasteiger partial charge in [0.2, 0.25) is 5.76 Å². The molecule has 0 saturated heterocycles. The first-order chi connectivity index (χ1) is 11.0. The molecule has 0 radical (unpaired) electrons. The Hall–Kier alpha value is -2.08. The van der Waals surface area contributed by atoms with Gasteiger partial charge in [-0.25, -0.2) is 0 Å². The molecule has 5 nitrogen and oxygen atoms in total. The lowest BCUT2D eigenvalue weighted by molar-refractivity contribution is -0.775. The van der Waals surface area contributed by atoms with Crippen LogP contribution in [-0.4, -0.2) is 4.68 Å². The average Bonchev–Trinajstić information content (AvgIpc) is 2.50. The Bertz CT molecular complexity index is 980. The molecule has 0 unspecified atom stereocenters. The second kappa shape index (κ2) is 6.20.